The molecule has 0 bridgehead atoms. The van der Waals surface area contributed by atoms with Crippen LogP contribution in [0.25, 0.3) is 5.69 Å². The molecule has 5 rings (SSSR count). The van der Waals surface area contributed by atoms with Crippen molar-refractivity contribution in [2.75, 3.05) is 31.5 Å². The lowest BCUT2D eigenvalue weighted by Gasteiger charge is -2.36. The Bertz CT molecular complexity index is 1200. The molecule has 2 N–H and O–H groups in total. The van der Waals surface area contributed by atoms with E-state index in [-0.39, 0.29) is 22.7 Å². The van der Waals surface area contributed by atoms with Crippen molar-refractivity contribution in [3.05, 3.63) is 71.6 Å². The van der Waals surface area contributed by atoms with Crippen molar-refractivity contribution in [3.8, 4) is 5.69 Å². The van der Waals surface area contributed by atoms with Crippen LogP contribution in [0.1, 0.15) is 27.1 Å². The van der Waals surface area contributed by atoms with Gasteiger partial charge in [-0.25, -0.2) is 8.78 Å². The molecule has 3 aromatic rings. The number of anilines is 1. The first-order valence-electron chi connectivity index (χ1n) is 10.6. The van der Waals surface area contributed by atoms with Crippen molar-refractivity contribution in [1.82, 2.24) is 30.1 Å². The van der Waals surface area contributed by atoms with Gasteiger partial charge in [0.05, 0.1) is 18.0 Å². The maximum Gasteiger partial charge on any atom is 0.259 e. The van der Waals surface area contributed by atoms with Crippen molar-refractivity contribution in [3.63, 3.8) is 0 Å². The Hall–Kier alpha value is -3.86. The molecule has 1 aromatic heterocycles. The Morgan fingerprint density at radius 1 is 1.00 bits per heavy atom. The molecule has 2 aliphatic rings. The number of halogens is 2. The summed E-state index contributed by atoms with van der Waals surface area (Å²) < 4.78 is 28.2. The van der Waals surface area contributed by atoms with Gasteiger partial charge in [0.15, 0.2) is 6.29 Å². The minimum absolute atomic E-state index is 0.0813. The molecule has 2 amide bonds. The van der Waals surface area contributed by atoms with E-state index in [4.69, 9.17) is 0 Å². The third-order valence-corrected chi connectivity index (χ3v) is 5.81. The smallest absolute Gasteiger partial charge is 0.259 e. The molecule has 1 atom stereocenters. The Morgan fingerprint density at radius 2 is 1.82 bits per heavy atom. The molecule has 0 saturated carbocycles. The molecule has 1 unspecified atom stereocenters. The SMILES string of the molecule is O=C1NC(N2CCCN(C(=O)c3c(F)cccc3-n3nccn3)CC2)Nc2ccc(F)cc21. The van der Waals surface area contributed by atoms with Gasteiger partial charge >= 0.3 is 0 Å². The summed E-state index contributed by atoms with van der Waals surface area (Å²) in [6.45, 7) is 1.81. The number of fused-ring (bicyclic) bond motifs is 1. The Kier molecular flexibility index (Phi) is 5.47. The Morgan fingerprint density at radius 3 is 2.64 bits per heavy atom. The van der Waals surface area contributed by atoms with Gasteiger partial charge in [0.2, 0.25) is 0 Å². The molecule has 9 nitrogen and oxygen atoms in total. The average Bonchev–Trinajstić information content (AvgIpc) is 3.23. The fourth-order valence-corrected chi connectivity index (χ4v) is 4.19. The van der Waals surface area contributed by atoms with Crippen molar-refractivity contribution in [1.29, 1.82) is 0 Å². The van der Waals surface area contributed by atoms with E-state index in [2.05, 4.69) is 20.8 Å². The van der Waals surface area contributed by atoms with E-state index in [1.165, 1.54) is 47.5 Å². The number of carbonyl (C=O) groups is 2. The molecule has 1 saturated heterocycles. The Balaban J connectivity index is 1.32. The molecular weight excluding hydrogens is 432 g/mol. The standard InChI is InChI=1S/C22H21F2N7O2/c23-14-5-6-17-15(13-14)20(32)28-22(27-17)30-10-2-9-29(11-12-30)21(33)19-16(24)3-1-4-18(19)31-25-7-8-26-31/h1,3-8,13,22,27H,2,9-12H2,(H,28,32). The largest absolute Gasteiger partial charge is 0.352 e. The Labute approximate surface area is 188 Å². The van der Waals surface area contributed by atoms with Crippen LogP contribution in [0.5, 0.6) is 0 Å². The van der Waals surface area contributed by atoms with Gasteiger partial charge in [-0.3, -0.25) is 14.5 Å². The van der Waals surface area contributed by atoms with Gasteiger partial charge in [-0.1, -0.05) is 6.07 Å². The predicted molar refractivity (Wildman–Crippen MR) is 115 cm³/mol. The van der Waals surface area contributed by atoms with Crippen LogP contribution in [0, 0.1) is 11.6 Å². The van der Waals surface area contributed by atoms with Crippen LogP contribution in [0.15, 0.2) is 48.8 Å². The summed E-state index contributed by atoms with van der Waals surface area (Å²) in [5.41, 5.74) is 0.987. The van der Waals surface area contributed by atoms with Gasteiger partial charge in [0.25, 0.3) is 11.8 Å². The summed E-state index contributed by atoms with van der Waals surface area (Å²) in [6.07, 6.45) is 3.05. The molecule has 11 heteroatoms. The molecule has 2 aliphatic heterocycles. The summed E-state index contributed by atoms with van der Waals surface area (Å²) in [5, 5.41) is 14.1. The summed E-state index contributed by atoms with van der Waals surface area (Å²) >= 11 is 0. The summed E-state index contributed by atoms with van der Waals surface area (Å²) in [4.78, 5) is 30.6. The van der Waals surface area contributed by atoms with E-state index in [0.717, 1.165) is 0 Å². The maximum atomic E-state index is 14.7. The zero-order valence-corrected chi connectivity index (χ0v) is 17.5. The number of hydrogen-bond donors (Lipinski definition) is 2. The van der Waals surface area contributed by atoms with Gasteiger partial charge < -0.3 is 15.5 Å². The van der Waals surface area contributed by atoms with Gasteiger partial charge in [0.1, 0.15) is 22.9 Å². The van der Waals surface area contributed by atoms with Gasteiger partial charge in [-0.2, -0.15) is 15.0 Å². The number of carbonyl (C=O) groups excluding carboxylic acids is 2. The molecule has 33 heavy (non-hydrogen) atoms. The number of nitrogens with zero attached hydrogens (tertiary/aromatic N) is 5. The molecule has 0 aliphatic carbocycles. The number of rotatable bonds is 3. The van der Waals surface area contributed by atoms with Crippen LogP contribution in [0.2, 0.25) is 0 Å². The first-order valence-corrected chi connectivity index (χ1v) is 10.6. The third kappa shape index (κ3) is 4.02. The summed E-state index contributed by atoms with van der Waals surface area (Å²) in [7, 11) is 0. The molecule has 3 heterocycles. The number of hydrogen-bond acceptors (Lipinski definition) is 6. The first-order chi connectivity index (χ1) is 16.0. The highest BCUT2D eigenvalue weighted by Gasteiger charge is 2.31. The van der Waals surface area contributed by atoms with Crippen LogP contribution in [0.3, 0.4) is 0 Å². The van der Waals surface area contributed by atoms with Crippen LogP contribution >= 0.6 is 0 Å². The zero-order chi connectivity index (χ0) is 22.9. The number of amides is 2. The van der Waals surface area contributed by atoms with E-state index in [1.54, 1.807) is 11.0 Å². The highest BCUT2D eigenvalue weighted by Crippen LogP contribution is 2.24. The topological polar surface area (TPSA) is 95.4 Å². The van der Waals surface area contributed by atoms with E-state index in [0.29, 0.717) is 38.3 Å². The second-order valence-corrected chi connectivity index (χ2v) is 7.84. The van der Waals surface area contributed by atoms with Gasteiger partial charge in [-0.15, -0.1) is 0 Å². The van der Waals surface area contributed by atoms with Crippen molar-refractivity contribution >= 4 is 17.5 Å². The molecule has 2 aromatic carbocycles. The monoisotopic (exact) mass is 453 g/mol. The van der Waals surface area contributed by atoms with Crippen LogP contribution in [-0.4, -0.2) is 69.1 Å². The molecular formula is C22H21F2N7O2. The fraction of sp³-hybridized carbons (Fsp3) is 0.273. The summed E-state index contributed by atoms with van der Waals surface area (Å²) in [6, 6.07) is 8.37. The second-order valence-electron chi connectivity index (χ2n) is 7.84. The highest BCUT2D eigenvalue weighted by atomic mass is 19.1. The van der Waals surface area contributed by atoms with Crippen LogP contribution < -0.4 is 10.6 Å². The average molecular weight is 453 g/mol. The first kappa shape index (κ1) is 21.0. The lowest BCUT2D eigenvalue weighted by molar-refractivity contribution is 0.0743. The third-order valence-electron chi connectivity index (χ3n) is 5.81. The van der Waals surface area contributed by atoms with Crippen molar-refractivity contribution in [2.24, 2.45) is 0 Å². The lowest BCUT2D eigenvalue weighted by atomic mass is 10.1. The molecule has 1 fully saturated rings. The maximum absolute atomic E-state index is 14.7. The van der Waals surface area contributed by atoms with Crippen molar-refractivity contribution < 1.29 is 18.4 Å². The van der Waals surface area contributed by atoms with Gasteiger partial charge in [-0.05, 0) is 36.8 Å². The van der Waals surface area contributed by atoms with E-state index in [1.807, 2.05) is 4.90 Å². The second kappa shape index (κ2) is 8.58. The van der Waals surface area contributed by atoms with E-state index in [9.17, 15) is 18.4 Å². The highest BCUT2D eigenvalue weighted by molar-refractivity contribution is 6.01. The predicted octanol–water partition coefficient (Wildman–Crippen LogP) is 1.83. The lowest BCUT2D eigenvalue weighted by Crippen LogP contribution is -2.56. The van der Waals surface area contributed by atoms with E-state index >= 15 is 0 Å². The minimum atomic E-state index is -0.638. The number of aromatic nitrogens is 3. The fourth-order valence-electron chi connectivity index (χ4n) is 4.19. The quantitative estimate of drug-likeness (QED) is 0.629. The minimum Gasteiger partial charge on any atom is -0.352 e. The number of benzene rings is 2. The van der Waals surface area contributed by atoms with E-state index < -0.39 is 23.8 Å². The van der Waals surface area contributed by atoms with Gasteiger partial charge in [0, 0.05) is 31.9 Å². The molecule has 0 spiro atoms. The summed E-state index contributed by atoms with van der Waals surface area (Å²) in [5.74, 6) is -1.93. The number of nitrogens with one attached hydrogen (secondary N) is 2. The van der Waals surface area contributed by atoms with Crippen molar-refractivity contribution in [2.45, 2.75) is 12.7 Å². The zero-order valence-electron chi connectivity index (χ0n) is 17.5. The molecule has 170 valence electrons. The van der Waals surface area contributed by atoms with Crippen LogP contribution in [0.4, 0.5) is 14.5 Å². The molecule has 0 radical (unpaired) electrons. The van der Waals surface area contributed by atoms with Crippen LogP contribution in [-0.2, 0) is 0 Å². The normalized spacial score (nSPS) is 18.8.